The van der Waals surface area contributed by atoms with Crippen LogP contribution >= 0.6 is 23.2 Å². The molecular weight excluding hydrogens is 285 g/mol. The highest BCUT2D eigenvalue weighted by atomic mass is 31.3. The second kappa shape index (κ2) is 5.51. The van der Waals surface area contributed by atoms with Gasteiger partial charge in [0.15, 0.2) is 7.60 Å². The lowest BCUT2D eigenvalue weighted by Gasteiger charge is -2.37. The van der Waals surface area contributed by atoms with E-state index in [1.165, 1.54) is 0 Å². The van der Waals surface area contributed by atoms with E-state index in [0.717, 1.165) is 12.2 Å². The van der Waals surface area contributed by atoms with E-state index in [-0.39, 0.29) is 0 Å². The molecule has 0 aliphatic carbocycles. The maximum absolute atomic E-state index is 10.8. The van der Waals surface area contributed by atoms with Gasteiger partial charge in [-0.25, -0.2) is 0 Å². The van der Waals surface area contributed by atoms with Crippen LogP contribution in [0.5, 0.6) is 0 Å². The predicted octanol–water partition coefficient (Wildman–Crippen LogP) is -1.43. The van der Waals surface area contributed by atoms with E-state index in [9.17, 15) is 33.3 Å². The van der Waals surface area contributed by atoms with Gasteiger partial charge in [-0.1, -0.05) is 18.7 Å². The van der Waals surface area contributed by atoms with E-state index < -0.39 is 23.2 Å². The Kier molecular flexibility index (Phi) is 5.49. The number of phosphoric acid groups is 2. The molecule has 9 nitrogen and oxygen atoms in total. The summed E-state index contributed by atoms with van der Waals surface area (Å²) in [6.07, 6.45) is 1.82. The van der Waals surface area contributed by atoms with Crippen molar-refractivity contribution in [2.45, 2.75) is 0 Å². The zero-order chi connectivity index (χ0) is 13.0. The first kappa shape index (κ1) is 15.9. The lowest BCUT2D eigenvalue weighted by molar-refractivity contribution is -0.339. The zero-order valence-corrected chi connectivity index (χ0v) is 10.1. The molecule has 0 fully saturated rings. The SMILES string of the molecule is C=C/C=C/P(=O)([O-])OP(=O)([O-])OP(=O)([O-])[O-]. The van der Waals surface area contributed by atoms with Gasteiger partial charge in [-0.15, -0.1) is 0 Å². The highest BCUT2D eigenvalue weighted by molar-refractivity contribution is 7.67. The fraction of sp³-hybridized carbons (Fsp3) is 0. The Hall–Kier alpha value is -0.0700. The van der Waals surface area contributed by atoms with Gasteiger partial charge >= 0.3 is 0 Å². The minimum Gasteiger partial charge on any atom is -0.790 e. The van der Waals surface area contributed by atoms with Crippen LogP contribution in [0.15, 0.2) is 24.5 Å². The first-order valence-corrected chi connectivity index (χ1v) is 7.87. The maximum atomic E-state index is 10.8. The van der Waals surface area contributed by atoms with Crippen LogP contribution < -0.4 is 19.6 Å². The standard InChI is InChI=1S/C4H9O9P3/c1-2-3-4-14(5,6)12-16(10,11)13-15(7,8)9/h2-4H,1H2,(H,5,6)(H,10,11)(H2,7,8,9)/p-4/b4-3+. The summed E-state index contributed by atoms with van der Waals surface area (Å²) < 4.78 is 37.6. The molecule has 16 heavy (non-hydrogen) atoms. The van der Waals surface area contributed by atoms with Crippen molar-refractivity contribution in [3.8, 4) is 0 Å². The van der Waals surface area contributed by atoms with Crippen molar-refractivity contribution < 1.29 is 41.9 Å². The topological polar surface area (TPSA) is 162 Å². The van der Waals surface area contributed by atoms with E-state index in [1.807, 2.05) is 0 Å². The molecule has 0 saturated heterocycles. The molecule has 0 aliphatic heterocycles. The highest BCUT2D eigenvalue weighted by Gasteiger charge is 2.17. The van der Waals surface area contributed by atoms with Crippen LogP contribution in [-0.4, -0.2) is 0 Å². The average molecular weight is 290 g/mol. The van der Waals surface area contributed by atoms with Gasteiger partial charge in [0.1, 0.15) is 0 Å². The molecule has 2 unspecified atom stereocenters. The number of allylic oxidation sites excluding steroid dienone is 2. The van der Waals surface area contributed by atoms with E-state index in [2.05, 4.69) is 15.2 Å². The van der Waals surface area contributed by atoms with Gasteiger partial charge in [0.2, 0.25) is 0 Å². The van der Waals surface area contributed by atoms with Crippen molar-refractivity contribution in [1.82, 2.24) is 0 Å². The van der Waals surface area contributed by atoms with Crippen molar-refractivity contribution >= 4 is 23.2 Å². The Bertz CT molecular complexity index is 418. The molecule has 0 rings (SSSR count). The fourth-order valence-electron chi connectivity index (χ4n) is 0.470. The minimum absolute atomic E-state index is 0.300. The third-order valence-corrected chi connectivity index (χ3v) is 4.67. The summed E-state index contributed by atoms with van der Waals surface area (Å²) in [5.41, 5.74) is 0. The van der Waals surface area contributed by atoms with E-state index in [1.54, 1.807) is 0 Å². The average Bonchev–Trinajstić information content (AvgIpc) is 1.93. The molecule has 0 bridgehead atoms. The van der Waals surface area contributed by atoms with Gasteiger partial charge in [0.25, 0.3) is 7.82 Å². The normalized spacial score (nSPS) is 20.2. The Balaban J connectivity index is 4.78. The molecule has 0 amide bonds. The van der Waals surface area contributed by atoms with Crippen molar-refractivity contribution in [3.05, 3.63) is 24.5 Å². The monoisotopic (exact) mass is 290 g/mol. The highest BCUT2D eigenvalue weighted by Crippen LogP contribution is 2.60. The van der Waals surface area contributed by atoms with Crippen molar-refractivity contribution in [2.75, 3.05) is 0 Å². The van der Waals surface area contributed by atoms with Crippen LogP contribution in [0.4, 0.5) is 0 Å². The third-order valence-electron chi connectivity index (χ3n) is 0.819. The van der Waals surface area contributed by atoms with Gasteiger partial charge in [-0.05, 0) is 5.82 Å². The second-order valence-corrected chi connectivity index (χ2v) is 6.65. The van der Waals surface area contributed by atoms with Crippen LogP contribution in [0.3, 0.4) is 0 Å². The van der Waals surface area contributed by atoms with Crippen LogP contribution in [0, 0.1) is 0 Å². The molecule has 0 aliphatic rings. The van der Waals surface area contributed by atoms with Crippen LogP contribution in [-0.2, 0) is 22.3 Å². The molecule has 2 atom stereocenters. The number of hydrogen-bond donors (Lipinski definition) is 0. The van der Waals surface area contributed by atoms with E-state index >= 15 is 0 Å². The summed E-state index contributed by atoms with van der Waals surface area (Å²) in [5.74, 6) is 0.300. The Labute approximate surface area is 90.4 Å². The molecule has 0 saturated carbocycles. The van der Waals surface area contributed by atoms with Crippen molar-refractivity contribution in [1.29, 1.82) is 0 Å². The summed E-state index contributed by atoms with van der Waals surface area (Å²) in [4.78, 5) is 41.3. The van der Waals surface area contributed by atoms with E-state index in [4.69, 9.17) is 0 Å². The summed E-state index contributed by atoms with van der Waals surface area (Å²) in [6, 6.07) is 0. The quantitative estimate of drug-likeness (QED) is 0.421. The third kappa shape index (κ3) is 8.13. The van der Waals surface area contributed by atoms with Crippen molar-refractivity contribution in [2.24, 2.45) is 0 Å². The molecule has 0 spiro atoms. The molecule has 0 aromatic carbocycles. The summed E-state index contributed by atoms with van der Waals surface area (Å²) in [5, 5.41) is 0. The van der Waals surface area contributed by atoms with Gasteiger partial charge < -0.3 is 28.7 Å². The number of rotatable bonds is 6. The maximum Gasteiger partial charge on any atom is 0.276 e. The second-order valence-electron chi connectivity index (χ2n) is 2.17. The smallest absolute Gasteiger partial charge is 0.276 e. The Morgan fingerprint density at radius 2 is 1.50 bits per heavy atom. The van der Waals surface area contributed by atoms with Gasteiger partial charge in [-0.2, -0.15) is 0 Å². The Morgan fingerprint density at radius 1 is 1.00 bits per heavy atom. The minimum atomic E-state index is -5.90. The van der Waals surface area contributed by atoms with Crippen LogP contribution in [0.1, 0.15) is 0 Å². The van der Waals surface area contributed by atoms with Crippen molar-refractivity contribution in [3.63, 3.8) is 0 Å². The number of hydrogen-bond acceptors (Lipinski definition) is 9. The predicted molar refractivity (Wildman–Crippen MR) is 44.3 cm³/mol. The fourth-order valence-corrected chi connectivity index (χ4v) is 3.50. The molecule has 0 N–H and O–H groups in total. The molecule has 0 aromatic heterocycles. The first-order valence-electron chi connectivity index (χ1n) is 3.34. The lowest BCUT2D eigenvalue weighted by atomic mass is 10.6. The molecule has 0 aromatic rings. The lowest BCUT2D eigenvalue weighted by Crippen LogP contribution is -2.19. The van der Waals surface area contributed by atoms with Gasteiger partial charge in [0.05, 0.1) is 7.82 Å². The largest absolute Gasteiger partial charge is 0.790 e. The molecule has 0 radical (unpaired) electrons. The molecule has 12 heteroatoms. The van der Waals surface area contributed by atoms with Crippen LogP contribution in [0.2, 0.25) is 0 Å². The van der Waals surface area contributed by atoms with Gasteiger partial charge in [-0.3, -0.25) is 13.2 Å². The van der Waals surface area contributed by atoms with Crippen LogP contribution in [0.25, 0.3) is 0 Å². The first-order chi connectivity index (χ1) is 6.97. The summed E-state index contributed by atoms with van der Waals surface area (Å²) in [6.45, 7) is 3.09. The van der Waals surface area contributed by atoms with E-state index in [0.29, 0.717) is 5.82 Å². The summed E-state index contributed by atoms with van der Waals surface area (Å²) >= 11 is 0. The zero-order valence-electron chi connectivity index (χ0n) is 7.46. The summed E-state index contributed by atoms with van der Waals surface area (Å²) in [7, 11) is -16.7. The molecular formula is C4H5O9P3-4. The molecule has 0 heterocycles. The Morgan fingerprint density at radius 3 is 1.88 bits per heavy atom. The molecule has 94 valence electrons. The van der Waals surface area contributed by atoms with Gasteiger partial charge in [0, 0.05) is 0 Å².